The highest BCUT2D eigenvalue weighted by molar-refractivity contribution is 5.04. The standard InChI is InChI=1S/C15H25F3N2O/c1-4-13(5-2)20-10-7-12(19-20)11-14(3,21)8-6-9-15(16,17)18/h7,10,13,21H,4-6,8-9,11H2,1-3H3. The summed E-state index contributed by atoms with van der Waals surface area (Å²) in [6, 6.07) is 2.16. The van der Waals surface area contributed by atoms with Crippen LogP contribution in [0.15, 0.2) is 12.3 Å². The van der Waals surface area contributed by atoms with Gasteiger partial charge < -0.3 is 5.11 Å². The molecule has 0 saturated heterocycles. The first-order valence-corrected chi connectivity index (χ1v) is 7.50. The van der Waals surface area contributed by atoms with Crippen molar-refractivity contribution in [1.29, 1.82) is 0 Å². The van der Waals surface area contributed by atoms with Gasteiger partial charge in [0.15, 0.2) is 0 Å². The highest BCUT2D eigenvalue weighted by Crippen LogP contribution is 2.26. The Balaban J connectivity index is 2.55. The molecule has 0 fully saturated rings. The molecule has 1 aromatic rings. The Labute approximate surface area is 124 Å². The van der Waals surface area contributed by atoms with Gasteiger partial charge >= 0.3 is 6.18 Å². The van der Waals surface area contributed by atoms with E-state index in [1.165, 1.54) is 0 Å². The van der Waals surface area contributed by atoms with E-state index >= 15 is 0 Å². The van der Waals surface area contributed by atoms with Crippen molar-refractivity contribution in [2.45, 2.75) is 77.1 Å². The Morgan fingerprint density at radius 1 is 1.24 bits per heavy atom. The van der Waals surface area contributed by atoms with E-state index in [0.29, 0.717) is 6.04 Å². The normalized spacial score (nSPS) is 15.4. The van der Waals surface area contributed by atoms with Crippen molar-refractivity contribution in [3.05, 3.63) is 18.0 Å². The zero-order chi connectivity index (χ0) is 16.1. The molecule has 0 spiro atoms. The average Bonchev–Trinajstić information content (AvgIpc) is 2.76. The van der Waals surface area contributed by atoms with Crippen LogP contribution in [0.2, 0.25) is 0 Å². The molecule has 21 heavy (non-hydrogen) atoms. The average molecular weight is 306 g/mol. The maximum atomic E-state index is 12.1. The summed E-state index contributed by atoms with van der Waals surface area (Å²) in [4.78, 5) is 0. The van der Waals surface area contributed by atoms with Gasteiger partial charge in [0.25, 0.3) is 0 Å². The molecule has 0 aliphatic carbocycles. The Kier molecular flexibility index (Phi) is 6.25. The number of hydrogen-bond donors (Lipinski definition) is 1. The molecule has 0 aliphatic heterocycles. The van der Waals surface area contributed by atoms with Crippen LogP contribution in [-0.2, 0) is 6.42 Å². The van der Waals surface area contributed by atoms with E-state index in [-0.39, 0.29) is 19.3 Å². The largest absolute Gasteiger partial charge is 0.390 e. The number of aliphatic hydroxyl groups is 1. The van der Waals surface area contributed by atoms with Crippen molar-refractivity contribution < 1.29 is 18.3 Å². The predicted octanol–water partition coefficient (Wildman–Crippen LogP) is 4.27. The maximum absolute atomic E-state index is 12.1. The first kappa shape index (κ1) is 18.0. The molecule has 0 aromatic carbocycles. The predicted molar refractivity (Wildman–Crippen MR) is 76.1 cm³/mol. The topological polar surface area (TPSA) is 38.0 Å². The molecule has 0 aliphatic rings. The zero-order valence-corrected chi connectivity index (χ0v) is 13.0. The Hall–Kier alpha value is -1.04. The van der Waals surface area contributed by atoms with Crippen LogP contribution >= 0.6 is 0 Å². The van der Waals surface area contributed by atoms with Gasteiger partial charge in [-0.3, -0.25) is 4.68 Å². The molecule has 1 atom stereocenters. The molecule has 1 aromatic heterocycles. The highest BCUT2D eigenvalue weighted by atomic mass is 19.4. The Morgan fingerprint density at radius 2 is 1.86 bits per heavy atom. The molecule has 0 saturated carbocycles. The molecule has 0 bridgehead atoms. The second kappa shape index (κ2) is 7.29. The second-order valence-electron chi connectivity index (χ2n) is 5.90. The van der Waals surface area contributed by atoms with Crippen molar-refractivity contribution in [1.82, 2.24) is 9.78 Å². The Morgan fingerprint density at radius 3 is 2.38 bits per heavy atom. The fourth-order valence-corrected chi connectivity index (χ4v) is 2.49. The van der Waals surface area contributed by atoms with Gasteiger partial charge in [0.2, 0.25) is 0 Å². The third kappa shape index (κ3) is 6.50. The van der Waals surface area contributed by atoms with Gasteiger partial charge in [0, 0.05) is 19.0 Å². The van der Waals surface area contributed by atoms with Crippen LogP contribution in [0.1, 0.15) is 64.6 Å². The minimum atomic E-state index is -4.16. The minimum absolute atomic E-state index is 0.0657. The summed E-state index contributed by atoms with van der Waals surface area (Å²) in [6.07, 6.45) is -0.872. The monoisotopic (exact) mass is 306 g/mol. The van der Waals surface area contributed by atoms with E-state index < -0.39 is 18.2 Å². The summed E-state index contributed by atoms with van der Waals surface area (Å²) < 4.78 is 38.3. The maximum Gasteiger partial charge on any atom is 0.389 e. The van der Waals surface area contributed by atoms with E-state index in [4.69, 9.17) is 0 Å². The van der Waals surface area contributed by atoms with Crippen LogP contribution in [0, 0.1) is 0 Å². The molecular formula is C15H25F3N2O. The lowest BCUT2D eigenvalue weighted by Gasteiger charge is -2.22. The van der Waals surface area contributed by atoms with Crippen LogP contribution in [-0.4, -0.2) is 26.7 Å². The third-order valence-electron chi connectivity index (χ3n) is 3.72. The van der Waals surface area contributed by atoms with Crippen molar-refractivity contribution in [3.8, 4) is 0 Å². The molecule has 3 nitrogen and oxygen atoms in total. The van der Waals surface area contributed by atoms with Gasteiger partial charge in [-0.15, -0.1) is 0 Å². The third-order valence-corrected chi connectivity index (χ3v) is 3.72. The number of halogens is 3. The summed E-state index contributed by atoms with van der Waals surface area (Å²) in [7, 11) is 0. The second-order valence-corrected chi connectivity index (χ2v) is 5.90. The van der Waals surface area contributed by atoms with Gasteiger partial charge in [-0.25, -0.2) is 0 Å². The van der Waals surface area contributed by atoms with Gasteiger partial charge in [-0.2, -0.15) is 18.3 Å². The summed E-state index contributed by atoms with van der Waals surface area (Å²) in [5, 5.41) is 14.6. The first-order chi connectivity index (χ1) is 9.67. The Bertz CT molecular complexity index is 423. The van der Waals surface area contributed by atoms with Crippen molar-refractivity contribution >= 4 is 0 Å². The molecule has 6 heteroatoms. The van der Waals surface area contributed by atoms with Crippen LogP contribution in [0.5, 0.6) is 0 Å². The molecule has 0 radical (unpaired) electrons. The van der Waals surface area contributed by atoms with E-state index in [1.54, 1.807) is 6.92 Å². The van der Waals surface area contributed by atoms with Crippen LogP contribution in [0.25, 0.3) is 0 Å². The fourth-order valence-electron chi connectivity index (χ4n) is 2.49. The van der Waals surface area contributed by atoms with Crippen molar-refractivity contribution in [3.63, 3.8) is 0 Å². The number of nitrogens with zero attached hydrogens (tertiary/aromatic N) is 2. The molecule has 0 amide bonds. The summed E-state index contributed by atoms with van der Waals surface area (Å²) in [5.41, 5.74) is -0.433. The molecule has 1 rings (SSSR count). The van der Waals surface area contributed by atoms with Gasteiger partial charge in [0.05, 0.1) is 17.3 Å². The molecule has 122 valence electrons. The number of alkyl halides is 3. The van der Waals surface area contributed by atoms with Crippen LogP contribution < -0.4 is 0 Å². The van der Waals surface area contributed by atoms with E-state index in [9.17, 15) is 18.3 Å². The van der Waals surface area contributed by atoms with Crippen LogP contribution in [0.3, 0.4) is 0 Å². The number of hydrogen-bond acceptors (Lipinski definition) is 2. The quantitative estimate of drug-likeness (QED) is 0.779. The number of aromatic nitrogens is 2. The lowest BCUT2D eigenvalue weighted by molar-refractivity contribution is -0.137. The van der Waals surface area contributed by atoms with E-state index in [2.05, 4.69) is 18.9 Å². The highest BCUT2D eigenvalue weighted by Gasteiger charge is 2.29. The molecule has 1 N–H and O–H groups in total. The lowest BCUT2D eigenvalue weighted by Crippen LogP contribution is -2.28. The molecule has 1 unspecified atom stereocenters. The molecular weight excluding hydrogens is 281 g/mol. The first-order valence-electron chi connectivity index (χ1n) is 7.50. The summed E-state index contributed by atoms with van der Waals surface area (Å²) in [6.45, 7) is 5.74. The SMILES string of the molecule is CCC(CC)n1ccc(CC(C)(O)CCCC(F)(F)F)n1. The molecule has 1 heterocycles. The lowest BCUT2D eigenvalue weighted by atomic mass is 9.93. The van der Waals surface area contributed by atoms with Gasteiger partial charge in [-0.05, 0) is 38.7 Å². The fraction of sp³-hybridized carbons (Fsp3) is 0.800. The number of rotatable bonds is 8. The minimum Gasteiger partial charge on any atom is -0.390 e. The van der Waals surface area contributed by atoms with E-state index in [1.807, 2.05) is 16.9 Å². The summed E-state index contributed by atoms with van der Waals surface area (Å²) >= 11 is 0. The van der Waals surface area contributed by atoms with Crippen molar-refractivity contribution in [2.75, 3.05) is 0 Å². The zero-order valence-electron chi connectivity index (χ0n) is 13.0. The van der Waals surface area contributed by atoms with Gasteiger partial charge in [0.1, 0.15) is 0 Å². The van der Waals surface area contributed by atoms with E-state index in [0.717, 1.165) is 18.5 Å². The smallest absolute Gasteiger partial charge is 0.389 e. The van der Waals surface area contributed by atoms with Gasteiger partial charge in [-0.1, -0.05) is 13.8 Å². The van der Waals surface area contributed by atoms with Crippen molar-refractivity contribution in [2.24, 2.45) is 0 Å². The summed E-state index contributed by atoms with van der Waals surface area (Å²) in [5.74, 6) is 0. The van der Waals surface area contributed by atoms with Crippen LogP contribution in [0.4, 0.5) is 13.2 Å².